The lowest BCUT2D eigenvalue weighted by atomic mass is 9.95. The Bertz CT molecular complexity index is 2130. The second-order valence-corrected chi connectivity index (χ2v) is 11.4. The van der Waals surface area contributed by atoms with Gasteiger partial charge in [-0.05, 0) is 84.8 Å². The molecule has 0 aliphatic carbocycles. The summed E-state index contributed by atoms with van der Waals surface area (Å²) >= 11 is 1.24. The van der Waals surface area contributed by atoms with Gasteiger partial charge < -0.3 is 19.5 Å². The molecule has 2 heterocycles. The highest BCUT2D eigenvalue weighted by molar-refractivity contribution is 7.07. The molecule has 0 saturated heterocycles. The maximum Gasteiger partial charge on any atom is 0.343 e. The van der Waals surface area contributed by atoms with E-state index in [-0.39, 0.29) is 11.5 Å². The summed E-state index contributed by atoms with van der Waals surface area (Å²) in [5.74, 6) is 0.757. The van der Waals surface area contributed by atoms with Crippen LogP contribution >= 0.6 is 11.3 Å². The molecule has 46 heavy (non-hydrogen) atoms. The summed E-state index contributed by atoms with van der Waals surface area (Å²) in [4.78, 5) is 45.5. The quantitative estimate of drug-likeness (QED) is 0.188. The SMILES string of the molecule is COc1ccc(C(=O)Oc2ccc(/C=c3\sc4n(c3=O)[C@H](c3cccc(OC)c3)C(C(=O)Nc3ccccc3)=C(C)N=4)cc2)cc1. The van der Waals surface area contributed by atoms with Crippen molar-refractivity contribution in [2.24, 2.45) is 4.99 Å². The standard InChI is InChI=1S/C36H29N3O6S/c1-22-31(33(40)38-26-9-5-4-6-10-26)32(25-8-7-11-29(21-25)44-3)39-34(41)30(46-36(39)37-22)20-23-12-16-28(17-13-23)45-35(42)24-14-18-27(43-2)19-15-24/h4-21,32H,1-3H3,(H,38,40)/b30-20-/t32-/m1/s1. The highest BCUT2D eigenvalue weighted by Crippen LogP contribution is 2.32. The average molecular weight is 632 g/mol. The lowest BCUT2D eigenvalue weighted by Crippen LogP contribution is -2.40. The van der Waals surface area contributed by atoms with E-state index in [1.54, 1.807) is 92.5 Å². The second-order valence-electron chi connectivity index (χ2n) is 10.4. The number of hydrogen-bond donors (Lipinski definition) is 1. The zero-order valence-electron chi connectivity index (χ0n) is 25.2. The van der Waals surface area contributed by atoms with Crippen molar-refractivity contribution >= 4 is 35.0 Å². The number of benzene rings is 4. The second kappa shape index (κ2) is 13.1. The van der Waals surface area contributed by atoms with Crippen LogP contribution < -0.4 is 34.4 Å². The summed E-state index contributed by atoms with van der Waals surface area (Å²) in [6.45, 7) is 1.77. The Labute approximate surface area is 268 Å². The third kappa shape index (κ3) is 6.24. The molecule has 0 bridgehead atoms. The van der Waals surface area contributed by atoms with E-state index >= 15 is 0 Å². The van der Waals surface area contributed by atoms with Crippen LogP contribution in [0.4, 0.5) is 5.69 Å². The maximum absolute atomic E-state index is 14.0. The van der Waals surface area contributed by atoms with Crippen LogP contribution in [0.2, 0.25) is 0 Å². The molecule has 0 spiro atoms. The van der Waals surface area contributed by atoms with Gasteiger partial charge in [0.1, 0.15) is 17.2 Å². The summed E-state index contributed by atoms with van der Waals surface area (Å²) in [5.41, 5.74) is 3.05. The third-order valence-electron chi connectivity index (χ3n) is 7.42. The molecule has 10 heteroatoms. The molecule has 230 valence electrons. The number of carbonyl (C=O) groups excluding carboxylic acids is 2. The first kappa shape index (κ1) is 30.3. The molecule has 0 unspecified atom stereocenters. The van der Waals surface area contributed by atoms with Crippen LogP contribution in [0.25, 0.3) is 6.08 Å². The Hall–Kier alpha value is -5.74. The molecular weight excluding hydrogens is 602 g/mol. The van der Waals surface area contributed by atoms with Crippen LogP contribution in [-0.2, 0) is 4.79 Å². The van der Waals surface area contributed by atoms with Crippen molar-refractivity contribution in [3.63, 3.8) is 0 Å². The van der Waals surface area contributed by atoms with Gasteiger partial charge in [-0.1, -0.05) is 53.8 Å². The zero-order valence-corrected chi connectivity index (χ0v) is 26.0. The van der Waals surface area contributed by atoms with Crippen molar-refractivity contribution in [3.05, 3.63) is 151 Å². The average Bonchev–Trinajstić information content (AvgIpc) is 3.38. The number of ether oxygens (including phenoxy) is 3. The topological polar surface area (TPSA) is 108 Å². The Kier molecular flexibility index (Phi) is 8.62. The predicted molar refractivity (Wildman–Crippen MR) is 176 cm³/mol. The largest absolute Gasteiger partial charge is 0.497 e. The summed E-state index contributed by atoms with van der Waals surface area (Å²) in [7, 11) is 3.13. The summed E-state index contributed by atoms with van der Waals surface area (Å²) < 4.78 is 18.1. The number of amides is 1. The number of allylic oxidation sites excluding steroid dienone is 1. The van der Waals surface area contributed by atoms with E-state index in [1.165, 1.54) is 11.3 Å². The number of nitrogens with one attached hydrogen (secondary N) is 1. The lowest BCUT2D eigenvalue weighted by molar-refractivity contribution is -0.113. The number of para-hydroxylation sites is 1. The molecule has 1 atom stereocenters. The molecule has 0 fully saturated rings. The maximum atomic E-state index is 14.0. The molecule has 1 amide bonds. The molecule has 1 aliphatic heterocycles. The number of thiazole rings is 1. The number of fused-ring (bicyclic) bond motifs is 1. The van der Waals surface area contributed by atoms with Gasteiger partial charge in [0.05, 0.1) is 41.6 Å². The van der Waals surface area contributed by atoms with Crippen LogP contribution in [0.1, 0.15) is 34.5 Å². The van der Waals surface area contributed by atoms with Crippen LogP contribution in [0, 0.1) is 0 Å². The highest BCUT2D eigenvalue weighted by atomic mass is 32.1. The molecule has 1 aromatic heterocycles. The fraction of sp³-hybridized carbons (Fsp3) is 0.111. The van der Waals surface area contributed by atoms with Gasteiger partial charge in [0, 0.05) is 5.69 Å². The first-order valence-corrected chi connectivity index (χ1v) is 15.2. The Balaban J connectivity index is 1.34. The number of methoxy groups -OCH3 is 2. The summed E-state index contributed by atoms with van der Waals surface area (Å²) in [5, 5.41) is 2.95. The normalized spacial score (nSPS) is 14.2. The van der Waals surface area contributed by atoms with Crippen molar-refractivity contribution < 1.29 is 23.8 Å². The van der Waals surface area contributed by atoms with E-state index in [2.05, 4.69) is 5.32 Å². The minimum Gasteiger partial charge on any atom is -0.497 e. The lowest BCUT2D eigenvalue weighted by Gasteiger charge is -2.25. The van der Waals surface area contributed by atoms with Crippen molar-refractivity contribution in [2.75, 3.05) is 19.5 Å². The van der Waals surface area contributed by atoms with Crippen LogP contribution in [0.15, 0.2) is 124 Å². The first-order chi connectivity index (χ1) is 22.3. The van der Waals surface area contributed by atoms with Gasteiger partial charge in [-0.25, -0.2) is 9.79 Å². The Morgan fingerprint density at radius 1 is 0.848 bits per heavy atom. The van der Waals surface area contributed by atoms with Crippen molar-refractivity contribution in [1.82, 2.24) is 4.57 Å². The van der Waals surface area contributed by atoms with Crippen molar-refractivity contribution in [2.45, 2.75) is 13.0 Å². The summed E-state index contributed by atoms with van der Waals surface area (Å²) in [6, 6.07) is 29.2. The molecule has 0 radical (unpaired) electrons. The van der Waals surface area contributed by atoms with E-state index < -0.39 is 12.0 Å². The first-order valence-electron chi connectivity index (χ1n) is 14.3. The zero-order chi connectivity index (χ0) is 32.2. The molecule has 6 rings (SSSR count). The van der Waals surface area contributed by atoms with Gasteiger partial charge in [0.2, 0.25) is 0 Å². The fourth-order valence-corrected chi connectivity index (χ4v) is 6.18. The molecule has 4 aromatic carbocycles. The third-order valence-corrected chi connectivity index (χ3v) is 8.40. The smallest absolute Gasteiger partial charge is 0.343 e. The number of hydrogen-bond acceptors (Lipinski definition) is 8. The number of anilines is 1. The van der Waals surface area contributed by atoms with Crippen LogP contribution in [-0.4, -0.2) is 30.7 Å². The van der Waals surface area contributed by atoms with Gasteiger partial charge >= 0.3 is 5.97 Å². The Morgan fingerprint density at radius 2 is 1.54 bits per heavy atom. The molecule has 0 saturated carbocycles. The number of aromatic nitrogens is 1. The molecule has 5 aromatic rings. The van der Waals surface area contributed by atoms with Crippen molar-refractivity contribution in [1.29, 1.82) is 0 Å². The predicted octanol–water partition coefficient (Wildman–Crippen LogP) is 5.11. The number of esters is 1. The fourth-order valence-electron chi connectivity index (χ4n) is 5.14. The van der Waals surface area contributed by atoms with Gasteiger partial charge in [-0.2, -0.15) is 0 Å². The van der Waals surface area contributed by atoms with Gasteiger partial charge in [0.25, 0.3) is 11.5 Å². The van der Waals surface area contributed by atoms with E-state index in [0.717, 1.165) is 5.56 Å². The molecule has 9 nitrogen and oxygen atoms in total. The molecular formula is C36H29N3O6S. The van der Waals surface area contributed by atoms with E-state index in [0.29, 0.717) is 54.7 Å². The summed E-state index contributed by atoms with van der Waals surface area (Å²) in [6.07, 6.45) is 1.75. The van der Waals surface area contributed by atoms with Crippen molar-refractivity contribution in [3.8, 4) is 17.2 Å². The number of rotatable bonds is 8. The Morgan fingerprint density at radius 3 is 2.24 bits per heavy atom. The number of carbonyl (C=O) groups is 2. The molecule has 1 aliphatic rings. The van der Waals surface area contributed by atoms with E-state index in [4.69, 9.17) is 19.2 Å². The van der Waals surface area contributed by atoms with Crippen LogP contribution in [0.3, 0.4) is 0 Å². The van der Waals surface area contributed by atoms with Gasteiger partial charge in [-0.3, -0.25) is 14.2 Å². The number of nitrogens with zero attached hydrogens (tertiary/aromatic N) is 2. The monoisotopic (exact) mass is 631 g/mol. The highest BCUT2D eigenvalue weighted by Gasteiger charge is 2.32. The van der Waals surface area contributed by atoms with E-state index in [1.807, 2.05) is 42.5 Å². The van der Waals surface area contributed by atoms with E-state index in [9.17, 15) is 14.4 Å². The van der Waals surface area contributed by atoms with Gasteiger partial charge in [-0.15, -0.1) is 0 Å². The molecule has 1 N–H and O–H groups in total. The minimum absolute atomic E-state index is 0.288. The minimum atomic E-state index is -0.739. The van der Waals surface area contributed by atoms with Crippen LogP contribution in [0.5, 0.6) is 17.2 Å². The van der Waals surface area contributed by atoms with Gasteiger partial charge in [0.15, 0.2) is 4.80 Å².